The van der Waals surface area contributed by atoms with Crippen LogP contribution in [0.2, 0.25) is 0 Å². The van der Waals surface area contributed by atoms with Crippen molar-refractivity contribution in [3.05, 3.63) is 47.3 Å². The quantitative estimate of drug-likeness (QED) is 0.597. The van der Waals surface area contributed by atoms with Crippen molar-refractivity contribution in [1.29, 1.82) is 0 Å². The van der Waals surface area contributed by atoms with Gasteiger partial charge in [0.2, 0.25) is 0 Å². The summed E-state index contributed by atoms with van der Waals surface area (Å²) in [7, 11) is 0. The fourth-order valence-electron chi connectivity index (χ4n) is 2.24. The van der Waals surface area contributed by atoms with E-state index < -0.39 is 11.9 Å². The van der Waals surface area contributed by atoms with Gasteiger partial charge in [0.15, 0.2) is 5.69 Å². The third-order valence-corrected chi connectivity index (χ3v) is 3.34. The van der Waals surface area contributed by atoms with Crippen LogP contribution in [0.4, 0.5) is 13.2 Å². The van der Waals surface area contributed by atoms with Crippen LogP contribution in [0.25, 0.3) is 16.6 Å². The smallest absolute Gasteiger partial charge is 0.313 e. The molecule has 19 heavy (non-hydrogen) atoms. The maximum Gasteiger partial charge on any atom is 0.435 e. The molecule has 2 heterocycles. The normalized spacial score (nSPS) is 12.5. The van der Waals surface area contributed by atoms with Crippen molar-refractivity contribution in [2.24, 2.45) is 0 Å². The molecular weight excluding hydrogens is 253 g/mol. The van der Waals surface area contributed by atoms with E-state index in [2.05, 4.69) is 4.98 Å². The number of benzene rings is 1. The molecule has 3 rings (SSSR count). The van der Waals surface area contributed by atoms with Crippen molar-refractivity contribution < 1.29 is 13.2 Å². The first-order chi connectivity index (χ1) is 8.88. The van der Waals surface area contributed by atoms with Gasteiger partial charge in [-0.25, -0.2) is 4.98 Å². The van der Waals surface area contributed by atoms with Crippen LogP contribution in [0.5, 0.6) is 0 Å². The molecule has 0 unspecified atom stereocenters. The lowest BCUT2D eigenvalue weighted by atomic mass is 10.1. The summed E-state index contributed by atoms with van der Waals surface area (Å²) in [5.74, 6) is 0. The van der Waals surface area contributed by atoms with E-state index in [0.717, 1.165) is 11.1 Å². The van der Waals surface area contributed by atoms with Gasteiger partial charge in [0, 0.05) is 6.20 Å². The number of nitrogens with zero attached hydrogens (tertiary/aromatic N) is 2. The topological polar surface area (TPSA) is 17.3 Å². The summed E-state index contributed by atoms with van der Waals surface area (Å²) in [6.45, 7) is 3.80. The van der Waals surface area contributed by atoms with Gasteiger partial charge < -0.3 is 4.40 Å². The van der Waals surface area contributed by atoms with Crippen LogP contribution in [0.15, 0.2) is 30.5 Å². The van der Waals surface area contributed by atoms with Gasteiger partial charge >= 0.3 is 6.18 Å². The largest absolute Gasteiger partial charge is 0.435 e. The van der Waals surface area contributed by atoms with Crippen LogP contribution < -0.4 is 0 Å². The summed E-state index contributed by atoms with van der Waals surface area (Å²) < 4.78 is 40.6. The molecule has 1 aromatic carbocycles. The van der Waals surface area contributed by atoms with E-state index in [-0.39, 0.29) is 5.52 Å². The van der Waals surface area contributed by atoms with Gasteiger partial charge in [-0.1, -0.05) is 0 Å². The summed E-state index contributed by atoms with van der Waals surface area (Å²) in [5, 5.41) is 0. The van der Waals surface area contributed by atoms with Crippen molar-refractivity contribution in [2.75, 3.05) is 0 Å². The lowest BCUT2D eigenvalue weighted by Crippen LogP contribution is -2.11. The number of halogens is 3. The first-order valence-corrected chi connectivity index (χ1v) is 5.83. The Hall–Kier alpha value is -2.04. The zero-order valence-corrected chi connectivity index (χ0v) is 10.4. The molecule has 0 aliphatic heterocycles. The van der Waals surface area contributed by atoms with Crippen molar-refractivity contribution in [3.8, 4) is 0 Å². The molecule has 3 aromatic rings. The van der Waals surface area contributed by atoms with Crippen LogP contribution in [0.3, 0.4) is 0 Å². The molecule has 0 fully saturated rings. The van der Waals surface area contributed by atoms with Crippen LogP contribution >= 0.6 is 0 Å². The summed E-state index contributed by atoms with van der Waals surface area (Å²) in [5.41, 5.74) is 2.26. The van der Waals surface area contributed by atoms with Crippen LogP contribution in [-0.4, -0.2) is 9.38 Å². The minimum Gasteiger partial charge on any atom is -0.313 e. The second-order valence-corrected chi connectivity index (χ2v) is 4.65. The van der Waals surface area contributed by atoms with Gasteiger partial charge in [-0.05, 0) is 49.2 Å². The molecule has 2 nitrogen and oxygen atoms in total. The molecule has 98 valence electrons. The Morgan fingerprint density at radius 2 is 1.74 bits per heavy atom. The number of alkyl halides is 3. The molecular formula is C14H11F3N2. The molecule has 0 saturated carbocycles. The predicted molar refractivity (Wildman–Crippen MR) is 67.2 cm³/mol. The SMILES string of the molecule is Cc1cc2nc(C(F)(F)F)c3cccn3c2cc1C. The summed E-state index contributed by atoms with van der Waals surface area (Å²) >= 11 is 0. The number of hydrogen-bond acceptors (Lipinski definition) is 1. The Morgan fingerprint density at radius 1 is 1.05 bits per heavy atom. The molecule has 0 amide bonds. The minimum atomic E-state index is -4.45. The Morgan fingerprint density at radius 3 is 2.42 bits per heavy atom. The maximum atomic E-state index is 13.0. The maximum absolute atomic E-state index is 13.0. The predicted octanol–water partition coefficient (Wildman–Crippen LogP) is 4.12. The molecule has 0 spiro atoms. The van der Waals surface area contributed by atoms with Crippen LogP contribution in [0.1, 0.15) is 16.8 Å². The zero-order valence-electron chi connectivity index (χ0n) is 10.4. The van der Waals surface area contributed by atoms with Crippen LogP contribution in [-0.2, 0) is 6.18 Å². The van der Waals surface area contributed by atoms with Gasteiger partial charge in [0.05, 0.1) is 16.6 Å². The van der Waals surface area contributed by atoms with Gasteiger partial charge in [-0.15, -0.1) is 0 Å². The lowest BCUT2D eigenvalue weighted by molar-refractivity contribution is -0.139. The Labute approximate surface area is 107 Å². The average molecular weight is 264 g/mol. The lowest BCUT2D eigenvalue weighted by Gasteiger charge is -2.12. The third-order valence-electron chi connectivity index (χ3n) is 3.34. The third kappa shape index (κ3) is 1.77. The van der Waals surface area contributed by atoms with E-state index in [1.807, 2.05) is 19.9 Å². The van der Waals surface area contributed by atoms with Gasteiger partial charge in [0.25, 0.3) is 0 Å². The number of hydrogen-bond donors (Lipinski definition) is 0. The second kappa shape index (κ2) is 3.73. The van der Waals surface area contributed by atoms with Gasteiger partial charge in [0.1, 0.15) is 0 Å². The van der Waals surface area contributed by atoms with Crippen LogP contribution in [0, 0.1) is 13.8 Å². The highest BCUT2D eigenvalue weighted by Crippen LogP contribution is 2.33. The van der Waals surface area contributed by atoms with E-state index in [1.54, 1.807) is 18.3 Å². The van der Waals surface area contributed by atoms with Gasteiger partial charge in [-0.2, -0.15) is 13.2 Å². The van der Waals surface area contributed by atoms with E-state index in [1.165, 1.54) is 10.5 Å². The summed E-state index contributed by atoms with van der Waals surface area (Å²) in [4.78, 5) is 3.80. The minimum absolute atomic E-state index is 0.0863. The molecule has 0 atom stereocenters. The average Bonchev–Trinajstić information content (AvgIpc) is 2.77. The fourth-order valence-corrected chi connectivity index (χ4v) is 2.24. The molecule has 2 aromatic heterocycles. The molecule has 0 radical (unpaired) electrons. The first-order valence-electron chi connectivity index (χ1n) is 5.83. The molecule has 0 aliphatic rings. The standard InChI is InChI=1S/C14H11F3N2/c1-8-6-10-12(7-9(8)2)19-5-3-4-11(19)13(18-10)14(15,16)17/h3-7H,1-2H3. The Kier molecular flexibility index (Phi) is 2.36. The van der Waals surface area contributed by atoms with E-state index >= 15 is 0 Å². The molecule has 0 saturated heterocycles. The highest BCUT2D eigenvalue weighted by atomic mass is 19.4. The first kappa shape index (κ1) is 12.0. The molecule has 0 bridgehead atoms. The van der Waals surface area contributed by atoms with Crippen molar-refractivity contribution >= 4 is 16.6 Å². The van der Waals surface area contributed by atoms with Crippen molar-refractivity contribution in [2.45, 2.75) is 20.0 Å². The summed E-state index contributed by atoms with van der Waals surface area (Å²) in [6, 6.07) is 6.59. The monoisotopic (exact) mass is 264 g/mol. The number of aromatic nitrogens is 2. The van der Waals surface area contributed by atoms with Crippen molar-refractivity contribution in [1.82, 2.24) is 9.38 Å². The number of fused-ring (bicyclic) bond motifs is 3. The molecule has 5 heteroatoms. The molecule has 0 N–H and O–H groups in total. The fraction of sp³-hybridized carbons (Fsp3) is 0.214. The number of rotatable bonds is 0. The van der Waals surface area contributed by atoms with Crippen molar-refractivity contribution in [3.63, 3.8) is 0 Å². The highest BCUT2D eigenvalue weighted by Gasteiger charge is 2.35. The number of aryl methyl sites for hydroxylation is 2. The highest BCUT2D eigenvalue weighted by molar-refractivity contribution is 5.81. The Bertz CT molecular complexity index is 785. The van der Waals surface area contributed by atoms with Gasteiger partial charge in [-0.3, -0.25) is 0 Å². The van der Waals surface area contributed by atoms with E-state index in [0.29, 0.717) is 11.0 Å². The zero-order chi connectivity index (χ0) is 13.8. The Balaban J connectivity index is 2.52. The molecule has 0 aliphatic carbocycles. The van der Waals surface area contributed by atoms with E-state index in [4.69, 9.17) is 0 Å². The summed E-state index contributed by atoms with van der Waals surface area (Å²) in [6.07, 6.45) is -2.82. The second-order valence-electron chi connectivity index (χ2n) is 4.65. The van der Waals surface area contributed by atoms with E-state index in [9.17, 15) is 13.2 Å².